The SMILES string of the molecule is CC(C)(C)OC=O.O=C1CNCC(=O)N1. The molecule has 6 heteroatoms. The largest absolute Gasteiger partial charge is 0.462 e. The molecule has 0 aromatic rings. The van der Waals surface area contributed by atoms with E-state index < -0.39 is 0 Å². The fourth-order valence-corrected chi connectivity index (χ4v) is 0.678. The Kier molecular flexibility index (Phi) is 5.54. The molecule has 0 aromatic heterocycles. The summed E-state index contributed by atoms with van der Waals surface area (Å²) in [4.78, 5) is 30.2. The van der Waals surface area contributed by atoms with Crippen LogP contribution >= 0.6 is 0 Å². The molecular weight excluding hydrogens is 200 g/mol. The fourth-order valence-electron chi connectivity index (χ4n) is 0.678. The summed E-state index contributed by atoms with van der Waals surface area (Å²) in [6, 6.07) is 0. The quantitative estimate of drug-likeness (QED) is 0.442. The number of hydrogen-bond donors (Lipinski definition) is 2. The van der Waals surface area contributed by atoms with Crippen LogP contribution in [0.5, 0.6) is 0 Å². The van der Waals surface area contributed by atoms with Crippen molar-refractivity contribution in [3.63, 3.8) is 0 Å². The van der Waals surface area contributed by atoms with Gasteiger partial charge in [-0.3, -0.25) is 25.0 Å². The molecule has 1 aliphatic rings. The standard InChI is InChI=1S/C5H10O2.C4H6N2O2/c1-5(2,3)7-4-6;7-3-1-5-2-4(8)6-3/h4H,1-3H3;5H,1-2H2,(H,6,7,8). The van der Waals surface area contributed by atoms with Crippen molar-refractivity contribution in [1.29, 1.82) is 0 Å². The monoisotopic (exact) mass is 216 g/mol. The molecule has 86 valence electrons. The number of piperazine rings is 1. The topological polar surface area (TPSA) is 84.5 Å². The number of carbonyl (C=O) groups excluding carboxylic acids is 3. The van der Waals surface area contributed by atoms with E-state index >= 15 is 0 Å². The van der Waals surface area contributed by atoms with Gasteiger partial charge in [0.2, 0.25) is 11.8 Å². The smallest absolute Gasteiger partial charge is 0.293 e. The zero-order valence-corrected chi connectivity index (χ0v) is 9.12. The Balaban J connectivity index is 0.000000265. The second-order valence-electron chi connectivity index (χ2n) is 3.90. The van der Waals surface area contributed by atoms with Gasteiger partial charge in [0.25, 0.3) is 6.47 Å². The molecule has 1 heterocycles. The zero-order chi connectivity index (χ0) is 11.9. The Morgan fingerprint density at radius 2 is 1.67 bits per heavy atom. The van der Waals surface area contributed by atoms with Gasteiger partial charge in [0, 0.05) is 0 Å². The van der Waals surface area contributed by atoms with E-state index in [0.29, 0.717) is 6.47 Å². The Morgan fingerprint density at radius 1 is 1.20 bits per heavy atom. The van der Waals surface area contributed by atoms with Crippen LogP contribution in [0.4, 0.5) is 0 Å². The van der Waals surface area contributed by atoms with Gasteiger partial charge in [-0.25, -0.2) is 0 Å². The Hall–Kier alpha value is -1.43. The van der Waals surface area contributed by atoms with Gasteiger partial charge in [-0.05, 0) is 20.8 Å². The molecule has 1 fully saturated rings. The molecule has 1 rings (SSSR count). The third kappa shape index (κ3) is 8.89. The first-order valence-corrected chi connectivity index (χ1v) is 4.50. The number of hydrogen-bond acceptors (Lipinski definition) is 5. The molecule has 0 aliphatic carbocycles. The molecule has 2 N–H and O–H groups in total. The maximum atomic E-state index is 10.3. The number of amides is 2. The zero-order valence-electron chi connectivity index (χ0n) is 9.12. The predicted molar refractivity (Wildman–Crippen MR) is 52.9 cm³/mol. The lowest BCUT2D eigenvalue weighted by atomic mass is 10.2. The number of nitrogens with one attached hydrogen (secondary N) is 2. The van der Waals surface area contributed by atoms with Gasteiger partial charge in [-0.2, -0.15) is 0 Å². The predicted octanol–water partition coefficient (Wildman–Crippen LogP) is -0.810. The van der Waals surface area contributed by atoms with Gasteiger partial charge in [0.1, 0.15) is 5.60 Å². The number of imide groups is 1. The van der Waals surface area contributed by atoms with E-state index in [4.69, 9.17) is 0 Å². The highest BCUT2D eigenvalue weighted by molar-refractivity contribution is 5.99. The minimum absolute atomic E-state index is 0.249. The van der Waals surface area contributed by atoms with Gasteiger partial charge in [0.05, 0.1) is 13.1 Å². The van der Waals surface area contributed by atoms with Crippen LogP contribution < -0.4 is 10.6 Å². The molecule has 6 nitrogen and oxygen atoms in total. The summed E-state index contributed by atoms with van der Waals surface area (Å²) in [5.74, 6) is -0.498. The van der Waals surface area contributed by atoms with Crippen LogP contribution in [0.15, 0.2) is 0 Å². The van der Waals surface area contributed by atoms with Crippen LogP contribution in [0.1, 0.15) is 20.8 Å². The lowest BCUT2D eigenvalue weighted by Crippen LogP contribution is -2.48. The van der Waals surface area contributed by atoms with Crippen molar-refractivity contribution in [1.82, 2.24) is 10.6 Å². The van der Waals surface area contributed by atoms with E-state index in [1.165, 1.54) is 0 Å². The van der Waals surface area contributed by atoms with Gasteiger partial charge < -0.3 is 4.74 Å². The first-order valence-electron chi connectivity index (χ1n) is 4.50. The maximum absolute atomic E-state index is 10.3. The molecule has 0 atom stereocenters. The highest BCUT2D eigenvalue weighted by atomic mass is 16.5. The van der Waals surface area contributed by atoms with Crippen molar-refractivity contribution in [3.8, 4) is 0 Å². The summed E-state index contributed by atoms with van der Waals surface area (Å²) < 4.78 is 4.55. The van der Waals surface area contributed by atoms with Crippen LogP contribution in [-0.4, -0.2) is 37.0 Å². The number of carbonyl (C=O) groups is 3. The number of rotatable bonds is 1. The van der Waals surface area contributed by atoms with Crippen molar-refractivity contribution < 1.29 is 19.1 Å². The second-order valence-corrected chi connectivity index (χ2v) is 3.90. The summed E-state index contributed by atoms with van der Waals surface area (Å²) in [5.41, 5.74) is -0.318. The molecule has 1 saturated heterocycles. The molecule has 0 unspecified atom stereocenters. The molecule has 0 spiro atoms. The van der Waals surface area contributed by atoms with Crippen molar-refractivity contribution >= 4 is 18.3 Å². The van der Waals surface area contributed by atoms with Crippen LogP contribution in [0, 0.1) is 0 Å². The number of ether oxygens (including phenoxy) is 1. The third-order valence-electron chi connectivity index (χ3n) is 1.25. The van der Waals surface area contributed by atoms with Gasteiger partial charge >= 0.3 is 0 Å². The van der Waals surface area contributed by atoms with Crippen molar-refractivity contribution in [2.24, 2.45) is 0 Å². The van der Waals surface area contributed by atoms with E-state index in [2.05, 4.69) is 15.4 Å². The summed E-state index contributed by atoms with van der Waals surface area (Å²) in [6.45, 7) is 6.43. The van der Waals surface area contributed by atoms with E-state index in [9.17, 15) is 14.4 Å². The van der Waals surface area contributed by atoms with Crippen LogP contribution in [-0.2, 0) is 19.1 Å². The first-order chi connectivity index (χ1) is 6.85. The lowest BCUT2D eigenvalue weighted by molar-refractivity contribution is -0.138. The van der Waals surface area contributed by atoms with Crippen molar-refractivity contribution in [2.45, 2.75) is 26.4 Å². The Morgan fingerprint density at radius 3 is 1.80 bits per heavy atom. The van der Waals surface area contributed by atoms with Crippen molar-refractivity contribution in [2.75, 3.05) is 13.1 Å². The molecular formula is C9H16N2O4. The molecule has 0 bridgehead atoms. The molecule has 2 amide bonds. The summed E-state index contributed by atoms with van der Waals surface area (Å²) >= 11 is 0. The van der Waals surface area contributed by atoms with Crippen molar-refractivity contribution in [3.05, 3.63) is 0 Å². The average Bonchev–Trinajstić information content (AvgIpc) is 2.01. The first kappa shape index (κ1) is 13.6. The molecule has 1 aliphatic heterocycles. The third-order valence-corrected chi connectivity index (χ3v) is 1.25. The summed E-state index contributed by atoms with van der Waals surface area (Å²) in [7, 11) is 0. The van der Waals surface area contributed by atoms with Gasteiger partial charge in [-0.15, -0.1) is 0 Å². The van der Waals surface area contributed by atoms with Gasteiger partial charge in [-0.1, -0.05) is 0 Å². The van der Waals surface area contributed by atoms with E-state index in [-0.39, 0.29) is 30.5 Å². The maximum Gasteiger partial charge on any atom is 0.293 e. The highest BCUT2D eigenvalue weighted by Gasteiger charge is 2.12. The minimum Gasteiger partial charge on any atom is -0.462 e. The molecule has 0 saturated carbocycles. The van der Waals surface area contributed by atoms with Gasteiger partial charge in [0.15, 0.2) is 0 Å². The normalized spacial score (nSPS) is 15.9. The second kappa shape index (κ2) is 6.13. The fraction of sp³-hybridized carbons (Fsp3) is 0.667. The molecule has 15 heavy (non-hydrogen) atoms. The average molecular weight is 216 g/mol. The lowest BCUT2D eigenvalue weighted by Gasteiger charge is -2.14. The van der Waals surface area contributed by atoms with Crippen LogP contribution in [0.25, 0.3) is 0 Å². The van der Waals surface area contributed by atoms with Crippen LogP contribution in [0.3, 0.4) is 0 Å². The minimum atomic E-state index is -0.318. The summed E-state index contributed by atoms with van der Waals surface area (Å²) in [5, 5.41) is 4.76. The van der Waals surface area contributed by atoms with E-state index in [1.54, 1.807) is 0 Å². The highest BCUT2D eigenvalue weighted by Crippen LogP contribution is 2.02. The molecule has 0 aromatic carbocycles. The Bertz CT molecular complexity index is 231. The van der Waals surface area contributed by atoms with E-state index in [1.807, 2.05) is 20.8 Å². The van der Waals surface area contributed by atoms with Crippen LogP contribution in [0.2, 0.25) is 0 Å². The molecule has 0 radical (unpaired) electrons. The summed E-state index contributed by atoms with van der Waals surface area (Å²) in [6.07, 6.45) is 0. The van der Waals surface area contributed by atoms with E-state index in [0.717, 1.165) is 0 Å². The Labute approximate surface area is 88.4 Å².